The molecule has 0 spiro atoms. The quantitative estimate of drug-likeness (QED) is 0.523. The summed E-state index contributed by atoms with van der Waals surface area (Å²) in [6.45, 7) is 6.02. The van der Waals surface area contributed by atoms with Gasteiger partial charge >= 0.3 is 5.69 Å². The number of carbonyl (C=O) groups excluding carboxylic acids is 1. The van der Waals surface area contributed by atoms with Crippen molar-refractivity contribution in [3.05, 3.63) is 90.4 Å². The summed E-state index contributed by atoms with van der Waals surface area (Å²) in [5.41, 5.74) is 3.11. The molecule has 0 bridgehead atoms. The molecule has 1 aromatic carbocycles. The van der Waals surface area contributed by atoms with E-state index in [1.807, 2.05) is 50.4 Å². The number of rotatable bonds is 5. The zero-order chi connectivity index (χ0) is 22.1. The first-order valence-corrected chi connectivity index (χ1v) is 10.7. The number of hydrogen-bond acceptors (Lipinski definition) is 5. The van der Waals surface area contributed by atoms with Gasteiger partial charge in [-0.25, -0.2) is 4.79 Å². The van der Waals surface area contributed by atoms with Gasteiger partial charge in [-0.2, -0.15) is 4.98 Å². The normalized spacial score (nSPS) is 11.1. The summed E-state index contributed by atoms with van der Waals surface area (Å²) in [5, 5.41) is 4.83. The van der Waals surface area contributed by atoms with E-state index in [4.69, 9.17) is 0 Å². The Labute approximate surface area is 183 Å². The van der Waals surface area contributed by atoms with Crippen molar-refractivity contribution in [1.82, 2.24) is 14.1 Å². The first-order chi connectivity index (χ1) is 14.8. The number of fused-ring (bicyclic) bond motifs is 1. The van der Waals surface area contributed by atoms with E-state index in [0.29, 0.717) is 5.56 Å². The van der Waals surface area contributed by atoms with Crippen LogP contribution in [0.4, 0.5) is 5.69 Å². The molecule has 0 saturated carbocycles. The lowest BCUT2D eigenvalue weighted by atomic mass is 10.1. The third-order valence-electron chi connectivity index (χ3n) is 5.10. The van der Waals surface area contributed by atoms with E-state index in [0.717, 1.165) is 31.8 Å². The average molecular weight is 435 g/mol. The van der Waals surface area contributed by atoms with Crippen molar-refractivity contribution in [1.29, 1.82) is 0 Å². The minimum absolute atomic E-state index is 0.0646. The first-order valence-electron chi connectivity index (χ1n) is 9.83. The van der Waals surface area contributed by atoms with Crippen molar-refractivity contribution >= 4 is 22.9 Å². The van der Waals surface area contributed by atoms with E-state index in [2.05, 4.69) is 10.3 Å². The highest BCUT2D eigenvalue weighted by molar-refractivity contribution is 7.09. The zero-order valence-corrected chi connectivity index (χ0v) is 18.3. The van der Waals surface area contributed by atoms with Crippen molar-refractivity contribution in [2.45, 2.75) is 33.9 Å². The number of benzene rings is 1. The maximum atomic E-state index is 12.9. The molecule has 0 fully saturated rings. The Bertz CT molecular complexity index is 1330. The summed E-state index contributed by atoms with van der Waals surface area (Å²) in [6.07, 6.45) is 1.65. The number of hydrogen-bond donors (Lipinski definition) is 1. The van der Waals surface area contributed by atoms with Gasteiger partial charge in [0.25, 0.3) is 5.56 Å². The summed E-state index contributed by atoms with van der Waals surface area (Å²) in [4.78, 5) is 43.3. The van der Waals surface area contributed by atoms with Crippen molar-refractivity contribution < 1.29 is 4.79 Å². The summed E-state index contributed by atoms with van der Waals surface area (Å²) in [6, 6.07) is 11.1. The van der Waals surface area contributed by atoms with Crippen LogP contribution in [0.25, 0.3) is 11.4 Å². The Morgan fingerprint density at radius 2 is 1.84 bits per heavy atom. The molecule has 7 nitrogen and oxygen atoms in total. The van der Waals surface area contributed by atoms with Gasteiger partial charge in [-0.15, -0.1) is 11.3 Å². The maximum absolute atomic E-state index is 12.9. The Kier molecular flexibility index (Phi) is 5.56. The van der Waals surface area contributed by atoms with Gasteiger partial charge in [0.05, 0.1) is 12.1 Å². The second kappa shape index (κ2) is 8.31. The first kappa shape index (κ1) is 20.7. The minimum Gasteiger partial charge on any atom is -0.324 e. The number of anilines is 1. The highest BCUT2D eigenvalue weighted by Gasteiger charge is 2.19. The fourth-order valence-corrected chi connectivity index (χ4v) is 4.45. The molecule has 1 aromatic heterocycles. The molecule has 158 valence electrons. The number of carbonyl (C=O) groups is 1. The van der Waals surface area contributed by atoms with E-state index in [1.54, 1.807) is 18.3 Å². The van der Waals surface area contributed by atoms with Crippen LogP contribution in [0.15, 0.2) is 57.6 Å². The van der Waals surface area contributed by atoms with Gasteiger partial charge in [0.2, 0.25) is 5.91 Å². The molecule has 0 saturated heterocycles. The Morgan fingerprint density at radius 1 is 1.10 bits per heavy atom. The monoisotopic (exact) mass is 434 g/mol. The highest BCUT2D eigenvalue weighted by atomic mass is 32.1. The third kappa shape index (κ3) is 4.20. The van der Waals surface area contributed by atoms with Crippen LogP contribution in [0.3, 0.4) is 0 Å². The maximum Gasteiger partial charge on any atom is 0.352 e. The topological polar surface area (TPSA) is 86.0 Å². The van der Waals surface area contributed by atoms with E-state index < -0.39 is 11.2 Å². The van der Waals surface area contributed by atoms with Gasteiger partial charge in [0.15, 0.2) is 5.82 Å². The summed E-state index contributed by atoms with van der Waals surface area (Å²) in [5.74, 6) is -0.0583. The van der Waals surface area contributed by atoms with Crippen LogP contribution in [0.1, 0.15) is 21.6 Å². The van der Waals surface area contributed by atoms with Crippen LogP contribution in [-0.4, -0.2) is 20.0 Å². The SMILES string of the molecule is Cc1cc(C)c(NC(=O)Cn2cccc3c(=O)n(Cc4cccs4)c(=O)nc2-3)c(C)c1. The molecule has 31 heavy (non-hydrogen) atoms. The minimum atomic E-state index is -0.628. The molecule has 4 rings (SSSR count). The molecule has 2 aliphatic heterocycles. The van der Waals surface area contributed by atoms with Crippen molar-refractivity contribution in [3.8, 4) is 11.4 Å². The summed E-state index contributed by atoms with van der Waals surface area (Å²) >= 11 is 1.47. The van der Waals surface area contributed by atoms with Crippen LogP contribution in [0, 0.1) is 20.8 Å². The molecular formula is C23H22N4O3S. The Hall–Kier alpha value is -3.52. The fourth-order valence-electron chi connectivity index (χ4n) is 3.75. The molecule has 1 N–H and O–H groups in total. The largest absolute Gasteiger partial charge is 0.352 e. The predicted octanol–water partition coefficient (Wildman–Crippen LogP) is 3.18. The van der Waals surface area contributed by atoms with Crippen molar-refractivity contribution in [2.75, 3.05) is 5.32 Å². The number of aryl methyl sites for hydroxylation is 3. The van der Waals surface area contributed by atoms with Gasteiger partial charge < -0.3 is 9.88 Å². The molecular weight excluding hydrogens is 412 g/mol. The van der Waals surface area contributed by atoms with Gasteiger partial charge in [-0.1, -0.05) is 23.8 Å². The average Bonchev–Trinajstić information content (AvgIpc) is 3.22. The highest BCUT2D eigenvalue weighted by Crippen LogP contribution is 2.22. The number of aromatic nitrogens is 3. The van der Waals surface area contributed by atoms with Crippen LogP contribution in [-0.2, 0) is 17.9 Å². The van der Waals surface area contributed by atoms with Crippen LogP contribution >= 0.6 is 11.3 Å². The molecule has 8 heteroatoms. The van der Waals surface area contributed by atoms with Crippen LogP contribution < -0.4 is 16.6 Å². The van der Waals surface area contributed by atoms with E-state index in [1.165, 1.54) is 15.9 Å². The number of nitrogens with zero attached hydrogens (tertiary/aromatic N) is 3. The van der Waals surface area contributed by atoms with Gasteiger partial charge in [0, 0.05) is 16.8 Å². The number of pyridine rings is 1. The molecule has 1 amide bonds. The lowest BCUT2D eigenvalue weighted by Crippen LogP contribution is -2.38. The standard InChI is InChI=1S/C23H22N4O3S/c1-14-10-15(2)20(16(3)11-14)24-19(28)13-26-8-4-7-18-21(26)25-23(30)27(22(18)29)12-17-6-5-9-31-17/h4-11H,12-13H2,1-3H3,(H,24,28). The Morgan fingerprint density at radius 3 is 2.52 bits per heavy atom. The summed E-state index contributed by atoms with van der Waals surface area (Å²) in [7, 11) is 0. The number of thiophene rings is 1. The fraction of sp³-hybridized carbons (Fsp3) is 0.217. The number of amides is 1. The molecule has 2 aliphatic rings. The van der Waals surface area contributed by atoms with E-state index >= 15 is 0 Å². The van der Waals surface area contributed by atoms with Crippen LogP contribution in [0.5, 0.6) is 0 Å². The zero-order valence-electron chi connectivity index (χ0n) is 17.5. The van der Waals surface area contributed by atoms with Crippen molar-refractivity contribution in [3.63, 3.8) is 0 Å². The molecule has 0 radical (unpaired) electrons. The third-order valence-corrected chi connectivity index (χ3v) is 5.96. The lowest BCUT2D eigenvalue weighted by molar-refractivity contribution is -0.116. The van der Waals surface area contributed by atoms with Gasteiger partial charge in [-0.05, 0) is 55.5 Å². The summed E-state index contributed by atoms with van der Waals surface area (Å²) < 4.78 is 2.65. The molecule has 2 aromatic rings. The van der Waals surface area contributed by atoms with Crippen molar-refractivity contribution in [2.24, 2.45) is 0 Å². The van der Waals surface area contributed by atoms with Gasteiger partial charge in [-0.3, -0.25) is 14.2 Å². The molecule has 0 atom stereocenters. The Balaban J connectivity index is 1.65. The number of nitrogens with one attached hydrogen (secondary N) is 1. The van der Waals surface area contributed by atoms with Gasteiger partial charge in [0.1, 0.15) is 6.54 Å². The van der Waals surface area contributed by atoms with Crippen LogP contribution in [0.2, 0.25) is 0 Å². The predicted molar refractivity (Wildman–Crippen MR) is 122 cm³/mol. The second-order valence-electron chi connectivity index (χ2n) is 7.56. The second-order valence-corrected chi connectivity index (χ2v) is 8.59. The smallest absolute Gasteiger partial charge is 0.324 e. The molecule has 3 heterocycles. The van der Waals surface area contributed by atoms with E-state index in [9.17, 15) is 14.4 Å². The molecule has 0 aliphatic carbocycles. The lowest BCUT2D eigenvalue weighted by Gasteiger charge is -2.16. The molecule has 0 unspecified atom stereocenters. The van der Waals surface area contributed by atoms with E-state index in [-0.39, 0.29) is 24.8 Å².